The Balaban J connectivity index is 1.44. The summed E-state index contributed by atoms with van der Waals surface area (Å²) in [7, 11) is 0.959. The highest BCUT2D eigenvalue weighted by atomic mass is 15.3. The van der Waals surface area contributed by atoms with E-state index in [9.17, 15) is 0 Å². The van der Waals surface area contributed by atoms with Gasteiger partial charge < -0.3 is 10.2 Å². The summed E-state index contributed by atoms with van der Waals surface area (Å²) in [5, 5.41) is 3.92. The van der Waals surface area contributed by atoms with E-state index in [1.165, 1.54) is 87.1 Å². The van der Waals surface area contributed by atoms with Gasteiger partial charge in [0.1, 0.15) is 0 Å². The fourth-order valence-electron chi connectivity index (χ4n) is 9.03. The molecule has 2 nitrogen and oxygen atoms in total. The highest BCUT2D eigenvalue weighted by Gasteiger charge is 2.59. The highest BCUT2D eigenvalue weighted by Crippen LogP contribution is 2.61. The van der Waals surface area contributed by atoms with E-state index in [1.807, 2.05) is 0 Å². The topological polar surface area (TPSA) is 15.3 Å². The molecule has 2 aliphatic heterocycles. The molecule has 2 atom stereocenters. The van der Waals surface area contributed by atoms with Crippen molar-refractivity contribution in [1.82, 2.24) is 0 Å². The van der Waals surface area contributed by atoms with Crippen molar-refractivity contribution in [1.29, 1.82) is 0 Å². The van der Waals surface area contributed by atoms with Crippen molar-refractivity contribution in [3.05, 3.63) is 94.5 Å². The van der Waals surface area contributed by atoms with Crippen molar-refractivity contribution in [3.63, 3.8) is 0 Å². The van der Waals surface area contributed by atoms with Crippen molar-refractivity contribution in [2.75, 3.05) is 10.2 Å². The van der Waals surface area contributed by atoms with Gasteiger partial charge in [0.05, 0.1) is 5.54 Å². The molecule has 3 heteroatoms. The third-order valence-corrected chi connectivity index (χ3v) is 12.3. The number of rotatable bonds is 3. The Hall–Kier alpha value is -3.46. The van der Waals surface area contributed by atoms with Crippen LogP contribution in [-0.2, 0) is 21.7 Å². The monoisotopic (exact) mass is 636 g/mol. The average Bonchev–Trinajstić information content (AvgIpc) is 3.21. The van der Waals surface area contributed by atoms with Crippen LogP contribution >= 0.6 is 0 Å². The van der Waals surface area contributed by atoms with Gasteiger partial charge in [0.2, 0.25) is 0 Å². The normalized spacial score (nSPS) is 21.7. The molecule has 7 rings (SSSR count). The van der Waals surface area contributed by atoms with Gasteiger partial charge in [-0.2, -0.15) is 0 Å². The number of aryl methyl sites for hydroxylation is 1. The van der Waals surface area contributed by atoms with Crippen molar-refractivity contribution in [3.8, 4) is 11.1 Å². The van der Waals surface area contributed by atoms with Crippen LogP contribution in [0.2, 0.25) is 0 Å². The zero-order valence-electron chi connectivity index (χ0n) is 31.8. The maximum Gasteiger partial charge on any atom is 0.198 e. The quantitative estimate of drug-likeness (QED) is 0.225. The minimum Gasteiger partial charge on any atom is -0.355 e. The van der Waals surface area contributed by atoms with Gasteiger partial charge in [0.15, 0.2) is 7.28 Å². The summed E-state index contributed by atoms with van der Waals surface area (Å²) in [5.74, 6) is 0. The molecule has 0 radical (unpaired) electrons. The third-order valence-electron chi connectivity index (χ3n) is 12.3. The Labute approximate surface area is 292 Å². The Morgan fingerprint density at radius 1 is 0.667 bits per heavy atom. The summed E-state index contributed by atoms with van der Waals surface area (Å²) in [5.41, 5.74) is 18.4. The predicted octanol–water partition coefficient (Wildman–Crippen LogP) is 10.7. The van der Waals surface area contributed by atoms with Crippen LogP contribution in [0.4, 0.5) is 22.7 Å². The summed E-state index contributed by atoms with van der Waals surface area (Å²) in [6, 6.07) is 26.3. The van der Waals surface area contributed by atoms with Gasteiger partial charge >= 0.3 is 0 Å². The molecule has 1 N–H and O–H groups in total. The van der Waals surface area contributed by atoms with E-state index in [-0.39, 0.29) is 27.2 Å². The first-order chi connectivity index (χ1) is 22.3. The van der Waals surface area contributed by atoms with Crippen molar-refractivity contribution in [2.45, 2.75) is 136 Å². The molecule has 0 amide bonds. The van der Waals surface area contributed by atoms with Crippen molar-refractivity contribution >= 4 is 41.0 Å². The second kappa shape index (κ2) is 10.8. The van der Waals surface area contributed by atoms with E-state index < -0.39 is 0 Å². The summed E-state index contributed by atoms with van der Waals surface area (Å²) < 4.78 is 0. The molecule has 0 bridgehead atoms. The first kappa shape index (κ1) is 33.1. The Morgan fingerprint density at radius 3 is 1.94 bits per heavy atom. The number of anilines is 4. The van der Waals surface area contributed by atoms with E-state index in [0.29, 0.717) is 0 Å². The number of nitrogens with one attached hydrogen (secondary N) is 1. The van der Waals surface area contributed by atoms with Gasteiger partial charge in [0, 0.05) is 33.7 Å². The van der Waals surface area contributed by atoms with Crippen LogP contribution in [-0.4, -0.2) is 12.8 Å². The summed E-state index contributed by atoms with van der Waals surface area (Å²) in [6.07, 6.45) is 5.09. The van der Waals surface area contributed by atoms with Gasteiger partial charge in [0.25, 0.3) is 0 Å². The molecule has 0 saturated heterocycles. The standard InChI is InChI=1S/C45H57BN2/c1-28-23-34(33-20-17-30(42(5,6)7)27-37(33)47-32-18-15-29(16-19-32)41(2,3)4)39-38(24-28)48-40-35(44(11)21-13-14-22-45(44,48)12)25-31(43(8,9)10)26-36(40)46-39/h15-20,23-27,46-47H,13-14,21-22H2,1-12H3. The Morgan fingerprint density at radius 2 is 1.29 bits per heavy atom. The maximum atomic E-state index is 3.92. The third kappa shape index (κ3) is 5.14. The van der Waals surface area contributed by atoms with E-state index in [4.69, 9.17) is 0 Å². The highest BCUT2D eigenvalue weighted by molar-refractivity contribution is 6.73. The van der Waals surface area contributed by atoms with Gasteiger partial charge in [-0.25, -0.2) is 0 Å². The van der Waals surface area contributed by atoms with Crippen LogP contribution < -0.4 is 21.1 Å². The second-order valence-electron chi connectivity index (χ2n) is 18.9. The predicted molar refractivity (Wildman–Crippen MR) is 212 cm³/mol. The largest absolute Gasteiger partial charge is 0.355 e. The SMILES string of the molecule is Cc1cc(-c2ccc(C(C)(C)C)cc2Nc2ccc(C(C)(C)C)cc2)c2c(c1)N1c3c(cc(C(C)(C)C)cc3C3(C)CCCCC13C)B2. The second-order valence-corrected chi connectivity index (χ2v) is 18.9. The van der Waals surface area contributed by atoms with E-state index in [2.05, 4.69) is 160 Å². The molecule has 0 spiro atoms. The average molecular weight is 637 g/mol. The van der Waals surface area contributed by atoms with Crippen molar-refractivity contribution < 1.29 is 0 Å². The van der Waals surface area contributed by atoms with Crippen molar-refractivity contribution in [2.24, 2.45) is 0 Å². The lowest BCUT2D eigenvalue weighted by Gasteiger charge is -2.51. The molecule has 4 aromatic rings. The molecule has 2 unspecified atom stereocenters. The van der Waals surface area contributed by atoms with Gasteiger partial charge in [-0.15, -0.1) is 0 Å². The first-order valence-electron chi connectivity index (χ1n) is 18.5. The smallest absolute Gasteiger partial charge is 0.198 e. The summed E-state index contributed by atoms with van der Waals surface area (Å²) in [4.78, 5) is 2.83. The van der Waals surface area contributed by atoms with Gasteiger partial charge in [-0.05, 0) is 106 Å². The van der Waals surface area contributed by atoms with Crippen LogP contribution in [0.1, 0.15) is 130 Å². The maximum absolute atomic E-state index is 3.92. The lowest BCUT2D eigenvalue weighted by Crippen LogP contribution is -2.57. The molecule has 1 saturated carbocycles. The summed E-state index contributed by atoms with van der Waals surface area (Å²) in [6.45, 7) is 28.4. The van der Waals surface area contributed by atoms with Crippen LogP contribution in [0.25, 0.3) is 11.1 Å². The minimum absolute atomic E-state index is 0.0467. The molecule has 0 aromatic heterocycles. The Kier molecular flexibility index (Phi) is 7.42. The van der Waals surface area contributed by atoms with Crippen LogP contribution in [0.5, 0.6) is 0 Å². The molecular weight excluding hydrogens is 579 g/mol. The molecule has 48 heavy (non-hydrogen) atoms. The van der Waals surface area contributed by atoms with E-state index in [0.717, 1.165) is 13.0 Å². The molecule has 4 aromatic carbocycles. The van der Waals surface area contributed by atoms with Gasteiger partial charge in [-0.1, -0.05) is 130 Å². The minimum atomic E-state index is 0.0467. The van der Waals surface area contributed by atoms with E-state index >= 15 is 0 Å². The van der Waals surface area contributed by atoms with Crippen LogP contribution in [0, 0.1) is 6.92 Å². The fourth-order valence-corrected chi connectivity index (χ4v) is 9.03. The van der Waals surface area contributed by atoms with Crippen LogP contribution in [0.15, 0.2) is 66.7 Å². The van der Waals surface area contributed by atoms with Gasteiger partial charge in [-0.3, -0.25) is 0 Å². The lowest BCUT2D eigenvalue weighted by molar-refractivity contribution is 0.195. The number of fused-ring (bicyclic) bond motifs is 5. The Bertz CT molecular complexity index is 1910. The molecule has 3 aliphatic rings. The zero-order chi connectivity index (χ0) is 34.6. The zero-order valence-corrected chi connectivity index (χ0v) is 31.8. The number of benzene rings is 4. The number of nitrogens with zero attached hydrogens (tertiary/aromatic N) is 1. The lowest BCUT2D eigenvalue weighted by atomic mass is 9.57. The molecule has 1 aliphatic carbocycles. The number of hydrogen-bond donors (Lipinski definition) is 1. The van der Waals surface area contributed by atoms with Crippen LogP contribution in [0.3, 0.4) is 0 Å². The molecular formula is C45H57BN2. The fraction of sp³-hybridized carbons (Fsp3) is 0.467. The number of hydrogen-bond acceptors (Lipinski definition) is 2. The molecule has 1 fully saturated rings. The summed E-state index contributed by atoms with van der Waals surface area (Å²) >= 11 is 0. The molecule has 2 heterocycles. The first-order valence-corrected chi connectivity index (χ1v) is 18.5. The molecule has 250 valence electrons. The van der Waals surface area contributed by atoms with E-state index in [1.54, 1.807) is 5.56 Å².